The third-order valence-corrected chi connectivity index (χ3v) is 3.10. The van der Waals surface area contributed by atoms with E-state index in [0.29, 0.717) is 6.61 Å². The van der Waals surface area contributed by atoms with E-state index in [2.05, 4.69) is 5.32 Å². The van der Waals surface area contributed by atoms with Gasteiger partial charge in [-0.1, -0.05) is 0 Å². The zero-order chi connectivity index (χ0) is 10.3. The molecule has 1 aliphatic heterocycles. The SMILES string of the molecule is CCOCCCC1(CO)CCCNC1. The van der Waals surface area contributed by atoms with Gasteiger partial charge >= 0.3 is 0 Å². The lowest BCUT2D eigenvalue weighted by molar-refractivity contribution is 0.0674. The van der Waals surface area contributed by atoms with Crippen molar-refractivity contribution < 1.29 is 9.84 Å². The highest BCUT2D eigenvalue weighted by Gasteiger charge is 2.30. The summed E-state index contributed by atoms with van der Waals surface area (Å²) < 4.78 is 5.31. The molecule has 0 spiro atoms. The van der Waals surface area contributed by atoms with Crippen LogP contribution in [-0.2, 0) is 4.74 Å². The third kappa shape index (κ3) is 3.56. The Morgan fingerprint density at radius 3 is 2.93 bits per heavy atom. The van der Waals surface area contributed by atoms with Crippen LogP contribution in [0.5, 0.6) is 0 Å². The van der Waals surface area contributed by atoms with Crippen LogP contribution >= 0.6 is 0 Å². The van der Waals surface area contributed by atoms with Gasteiger partial charge in [0, 0.05) is 31.8 Å². The van der Waals surface area contributed by atoms with E-state index in [9.17, 15) is 5.11 Å². The van der Waals surface area contributed by atoms with Gasteiger partial charge in [-0.25, -0.2) is 0 Å². The molecule has 3 nitrogen and oxygen atoms in total. The maximum Gasteiger partial charge on any atom is 0.0499 e. The number of piperidine rings is 1. The molecule has 1 rings (SSSR count). The zero-order valence-electron chi connectivity index (χ0n) is 9.22. The first kappa shape index (κ1) is 12.0. The Kier molecular flexibility index (Phi) is 5.45. The molecular formula is C11H23NO2. The van der Waals surface area contributed by atoms with Crippen LogP contribution in [0.4, 0.5) is 0 Å². The summed E-state index contributed by atoms with van der Waals surface area (Å²) in [5.74, 6) is 0. The van der Waals surface area contributed by atoms with Crippen LogP contribution in [0.25, 0.3) is 0 Å². The van der Waals surface area contributed by atoms with E-state index in [1.807, 2.05) is 6.92 Å². The van der Waals surface area contributed by atoms with Crippen molar-refractivity contribution in [2.24, 2.45) is 5.41 Å². The second-order valence-corrected chi connectivity index (χ2v) is 4.24. The standard InChI is InChI=1S/C11H23NO2/c1-2-14-8-4-6-11(10-13)5-3-7-12-9-11/h12-13H,2-10H2,1H3. The lowest BCUT2D eigenvalue weighted by Gasteiger charge is -2.36. The van der Waals surface area contributed by atoms with E-state index in [4.69, 9.17) is 4.74 Å². The molecule has 0 aromatic heterocycles. The minimum absolute atomic E-state index is 0.134. The molecule has 3 heteroatoms. The lowest BCUT2D eigenvalue weighted by atomic mass is 9.78. The lowest BCUT2D eigenvalue weighted by Crippen LogP contribution is -2.42. The summed E-state index contributed by atoms with van der Waals surface area (Å²) in [5, 5.41) is 12.8. The van der Waals surface area contributed by atoms with Crippen LogP contribution in [0.1, 0.15) is 32.6 Å². The Labute approximate surface area is 86.8 Å². The van der Waals surface area contributed by atoms with Crippen molar-refractivity contribution in [3.63, 3.8) is 0 Å². The van der Waals surface area contributed by atoms with Crippen LogP contribution in [-0.4, -0.2) is 38.0 Å². The summed E-state index contributed by atoms with van der Waals surface area (Å²) in [5.41, 5.74) is 0.134. The smallest absolute Gasteiger partial charge is 0.0499 e. The number of nitrogens with one attached hydrogen (secondary N) is 1. The van der Waals surface area contributed by atoms with Gasteiger partial charge in [0.1, 0.15) is 0 Å². The minimum Gasteiger partial charge on any atom is -0.396 e. The fraction of sp³-hybridized carbons (Fsp3) is 1.00. The van der Waals surface area contributed by atoms with Gasteiger partial charge in [-0.3, -0.25) is 0 Å². The summed E-state index contributed by atoms with van der Waals surface area (Å²) in [4.78, 5) is 0. The normalized spacial score (nSPS) is 27.9. The van der Waals surface area contributed by atoms with Gasteiger partial charge in [-0.2, -0.15) is 0 Å². The Balaban J connectivity index is 2.22. The van der Waals surface area contributed by atoms with Crippen molar-refractivity contribution in [2.45, 2.75) is 32.6 Å². The predicted octanol–water partition coefficient (Wildman–Crippen LogP) is 1.17. The first-order valence-electron chi connectivity index (χ1n) is 5.72. The molecule has 1 fully saturated rings. The molecule has 1 heterocycles. The van der Waals surface area contributed by atoms with Crippen molar-refractivity contribution >= 4 is 0 Å². The minimum atomic E-state index is 0.134. The Morgan fingerprint density at radius 2 is 2.36 bits per heavy atom. The summed E-state index contributed by atoms with van der Waals surface area (Å²) in [7, 11) is 0. The van der Waals surface area contributed by atoms with E-state index < -0.39 is 0 Å². The largest absolute Gasteiger partial charge is 0.396 e. The van der Waals surface area contributed by atoms with Gasteiger partial charge in [-0.15, -0.1) is 0 Å². The van der Waals surface area contributed by atoms with E-state index in [0.717, 1.165) is 45.6 Å². The van der Waals surface area contributed by atoms with Crippen molar-refractivity contribution in [2.75, 3.05) is 32.9 Å². The average molecular weight is 201 g/mol. The van der Waals surface area contributed by atoms with Crippen molar-refractivity contribution in [3.8, 4) is 0 Å². The fourth-order valence-corrected chi connectivity index (χ4v) is 2.15. The molecule has 0 aromatic rings. The van der Waals surface area contributed by atoms with Gasteiger partial charge in [0.05, 0.1) is 0 Å². The van der Waals surface area contributed by atoms with Crippen molar-refractivity contribution in [1.29, 1.82) is 0 Å². The second kappa shape index (κ2) is 6.38. The van der Waals surface area contributed by atoms with E-state index in [1.54, 1.807) is 0 Å². The third-order valence-electron chi connectivity index (χ3n) is 3.10. The number of hydrogen-bond acceptors (Lipinski definition) is 3. The van der Waals surface area contributed by atoms with Crippen LogP contribution in [0.2, 0.25) is 0 Å². The summed E-state index contributed by atoms with van der Waals surface area (Å²) in [6, 6.07) is 0. The molecule has 1 aliphatic rings. The highest BCUT2D eigenvalue weighted by atomic mass is 16.5. The van der Waals surface area contributed by atoms with Gasteiger partial charge in [-0.05, 0) is 39.2 Å². The van der Waals surface area contributed by atoms with Gasteiger partial charge in [0.25, 0.3) is 0 Å². The molecule has 0 aromatic carbocycles. The quantitative estimate of drug-likeness (QED) is 0.634. The maximum absolute atomic E-state index is 9.42. The Hall–Kier alpha value is -0.120. The fourth-order valence-electron chi connectivity index (χ4n) is 2.15. The number of aliphatic hydroxyl groups is 1. The summed E-state index contributed by atoms with van der Waals surface area (Å²) in [6.07, 6.45) is 4.49. The van der Waals surface area contributed by atoms with Crippen LogP contribution in [0.15, 0.2) is 0 Å². The average Bonchev–Trinajstić information content (AvgIpc) is 2.26. The van der Waals surface area contributed by atoms with Crippen LogP contribution in [0, 0.1) is 5.41 Å². The molecule has 0 bridgehead atoms. The molecule has 1 atom stereocenters. The first-order chi connectivity index (χ1) is 6.83. The molecule has 14 heavy (non-hydrogen) atoms. The van der Waals surface area contributed by atoms with E-state index in [-0.39, 0.29) is 5.41 Å². The monoisotopic (exact) mass is 201 g/mol. The van der Waals surface area contributed by atoms with Crippen LogP contribution < -0.4 is 5.32 Å². The first-order valence-corrected chi connectivity index (χ1v) is 5.72. The molecular weight excluding hydrogens is 178 g/mol. The van der Waals surface area contributed by atoms with E-state index in [1.165, 1.54) is 6.42 Å². The molecule has 0 amide bonds. The number of ether oxygens (including phenoxy) is 1. The summed E-state index contributed by atoms with van der Waals surface area (Å²) in [6.45, 7) is 6.03. The second-order valence-electron chi connectivity index (χ2n) is 4.24. The number of hydrogen-bond donors (Lipinski definition) is 2. The molecule has 84 valence electrons. The van der Waals surface area contributed by atoms with Gasteiger partial charge < -0.3 is 15.2 Å². The molecule has 0 saturated carbocycles. The van der Waals surface area contributed by atoms with Gasteiger partial charge in [0.2, 0.25) is 0 Å². The number of aliphatic hydroxyl groups excluding tert-OH is 1. The van der Waals surface area contributed by atoms with Crippen molar-refractivity contribution in [3.05, 3.63) is 0 Å². The van der Waals surface area contributed by atoms with E-state index >= 15 is 0 Å². The molecule has 0 aliphatic carbocycles. The highest BCUT2D eigenvalue weighted by molar-refractivity contribution is 4.84. The zero-order valence-corrected chi connectivity index (χ0v) is 9.22. The molecule has 1 unspecified atom stereocenters. The van der Waals surface area contributed by atoms with Gasteiger partial charge in [0.15, 0.2) is 0 Å². The Bertz CT molecular complexity index is 144. The van der Waals surface area contributed by atoms with Crippen LogP contribution in [0.3, 0.4) is 0 Å². The Morgan fingerprint density at radius 1 is 1.50 bits per heavy atom. The summed E-state index contributed by atoms with van der Waals surface area (Å²) >= 11 is 0. The number of rotatable bonds is 6. The molecule has 1 saturated heterocycles. The molecule has 0 radical (unpaired) electrons. The maximum atomic E-state index is 9.42. The highest BCUT2D eigenvalue weighted by Crippen LogP contribution is 2.30. The topological polar surface area (TPSA) is 41.5 Å². The predicted molar refractivity (Wildman–Crippen MR) is 57.3 cm³/mol. The van der Waals surface area contributed by atoms with Crippen molar-refractivity contribution in [1.82, 2.24) is 5.32 Å². The molecule has 2 N–H and O–H groups in total.